The first-order valence-electron chi connectivity index (χ1n) is 5.85. The molecule has 1 aliphatic heterocycles. The highest BCUT2D eigenvalue weighted by atomic mass is 79.9. The van der Waals surface area contributed by atoms with Crippen LogP contribution in [0.25, 0.3) is 0 Å². The number of aromatic nitrogens is 1. The fourth-order valence-corrected chi connectivity index (χ4v) is 2.15. The van der Waals surface area contributed by atoms with Gasteiger partial charge in [0.05, 0.1) is 5.69 Å². The predicted octanol–water partition coefficient (Wildman–Crippen LogP) is 2.03. The van der Waals surface area contributed by atoms with E-state index in [9.17, 15) is 0 Å². The Bertz CT molecular complexity index is 322. The first-order chi connectivity index (χ1) is 7.79. The SMILES string of the molecule is CCCN(Cc1ccc(Br)cn1)C1CNC1. The maximum Gasteiger partial charge on any atom is 0.0544 e. The Morgan fingerprint density at radius 2 is 2.31 bits per heavy atom. The molecule has 0 atom stereocenters. The Kier molecular flexibility index (Phi) is 4.32. The van der Waals surface area contributed by atoms with E-state index in [1.165, 1.54) is 6.42 Å². The second kappa shape index (κ2) is 5.75. The fraction of sp³-hybridized carbons (Fsp3) is 0.583. The molecule has 0 saturated carbocycles. The molecule has 1 N–H and O–H groups in total. The number of hydrogen-bond acceptors (Lipinski definition) is 3. The molecule has 4 heteroatoms. The largest absolute Gasteiger partial charge is 0.314 e. The van der Waals surface area contributed by atoms with Crippen molar-refractivity contribution < 1.29 is 0 Å². The van der Waals surface area contributed by atoms with Gasteiger partial charge in [-0.1, -0.05) is 6.92 Å². The van der Waals surface area contributed by atoms with Crippen molar-refractivity contribution >= 4 is 15.9 Å². The topological polar surface area (TPSA) is 28.2 Å². The van der Waals surface area contributed by atoms with Crippen LogP contribution in [0.1, 0.15) is 19.0 Å². The van der Waals surface area contributed by atoms with Gasteiger partial charge in [-0.05, 0) is 41.0 Å². The highest BCUT2D eigenvalue weighted by Crippen LogP contribution is 2.13. The van der Waals surface area contributed by atoms with Crippen LogP contribution in [0, 0.1) is 0 Å². The molecule has 0 amide bonds. The minimum absolute atomic E-state index is 0.699. The summed E-state index contributed by atoms with van der Waals surface area (Å²) in [6.45, 7) is 6.60. The molecule has 0 unspecified atom stereocenters. The molecule has 0 radical (unpaired) electrons. The third-order valence-corrected chi connectivity index (χ3v) is 3.41. The minimum Gasteiger partial charge on any atom is -0.314 e. The maximum absolute atomic E-state index is 4.43. The molecule has 1 aromatic heterocycles. The van der Waals surface area contributed by atoms with Crippen molar-refractivity contribution in [1.82, 2.24) is 15.2 Å². The van der Waals surface area contributed by atoms with Gasteiger partial charge in [0.25, 0.3) is 0 Å². The molecular formula is C12H18BrN3. The number of rotatable bonds is 5. The molecule has 0 aliphatic carbocycles. The van der Waals surface area contributed by atoms with Crippen molar-refractivity contribution in [1.29, 1.82) is 0 Å². The zero-order valence-electron chi connectivity index (χ0n) is 9.62. The van der Waals surface area contributed by atoms with Crippen LogP contribution in [0.2, 0.25) is 0 Å². The lowest BCUT2D eigenvalue weighted by Gasteiger charge is -2.38. The van der Waals surface area contributed by atoms with Crippen molar-refractivity contribution in [2.24, 2.45) is 0 Å². The number of hydrogen-bond donors (Lipinski definition) is 1. The summed E-state index contributed by atoms with van der Waals surface area (Å²) in [5, 5.41) is 3.33. The quantitative estimate of drug-likeness (QED) is 0.896. The molecule has 1 aliphatic rings. The summed E-state index contributed by atoms with van der Waals surface area (Å²) in [6, 6.07) is 4.86. The summed E-state index contributed by atoms with van der Waals surface area (Å²) < 4.78 is 1.05. The van der Waals surface area contributed by atoms with Gasteiger partial charge >= 0.3 is 0 Å². The average Bonchev–Trinajstić information content (AvgIpc) is 2.19. The monoisotopic (exact) mass is 283 g/mol. The van der Waals surface area contributed by atoms with E-state index in [-0.39, 0.29) is 0 Å². The van der Waals surface area contributed by atoms with Gasteiger partial charge < -0.3 is 5.32 Å². The van der Waals surface area contributed by atoms with E-state index in [2.05, 4.69) is 50.2 Å². The van der Waals surface area contributed by atoms with Gasteiger partial charge in [0.15, 0.2) is 0 Å². The smallest absolute Gasteiger partial charge is 0.0544 e. The van der Waals surface area contributed by atoms with E-state index in [1.807, 2.05) is 6.20 Å². The molecule has 1 saturated heterocycles. The highest BCUT2D eigenvalue weighted by Gasteiger charge is 2.23. The van der Waals surface area contributed by atoms with Crippen LogP contribution in [-0.2, 0) is 6.54 Å². The number of nitrogens with zero attached hydrogens (tertiary/aromatic N) is 2. The molecule has 1 aromatic rings. The lowest BCUT2D eigenvalue weighted by atomic mass is 10.1. The minimum atomic E-state index is 0.699. The van der Waals surface area contributed by atoms with E-state index >= 15 is 0 Å². The van der Waals surface area contributed by atoms with Gasteiger partial charge in [0, 0.05) is 36.3 Å². The Morgan fingerprint density at radius 3 is 2.81 bits per heavy atom. The van der Waals surface area contributed by atoms with Crippen molar-refractivity contribution in [3.05, 3.63) is 28.5 Å². The normalized spacial score (nSPS) is 16.4. The average molecular weight is 284 g/mol. The molecule has 0 aromatic carbocycles. The third-order valence-electron chi connectivity index (χ3n) is 2.94. The zero-order valence-corrected chi connectivity index (χ0v) is 11.2. The summed E-state index contributed by atoms with van der Waals surface area (Å²) in [5.41, 5.74) is 1.16. The molecule has 1 fully saturated rings. The number of nitrogens with one attached hydrogen (secondary N) is 1. The lowest BCUT2D eigenvalue weighted by molar-refractivity contribution is 0.136. The summed E-state index contributed by atoms with van der Waals surface area (Å²) in [7, 11) is 0. The second-order valence-corrected chi connectivity index (χ2v) is 5.17. The molecule has 2 rings (SSSR count). The van der Waals surface area contributed by atoms with Gasteiger partial charge in [-0.2, -0.15) is 0 Å². The van der Waals surface area contributed by atoms with E-state index in [1.54, 1.807) is 0 Å². The molecule has 0 bridgehead atoms. The van der Waals surface area contributed by atoms with Crippen molar-refractivity contribution in [2.75, 3.05) is 19.6 Å². The highest BCUT2D eigenvalue weighted by molar-refractivity contribution is 9.10. The van der Waals surface area contributed by atoms with Gasteiger partial charge in [0.1, 0.15) is 0 Å². The summed E-state index contributed by atoms with van der Waals surface area (Å²) in [6.07, 6.45) is 3.07. The van der Waals surface area contributed by atoms with Crippen LogP contribution in [0.3, 0.4) is 0 Å². The molecule has 3 nitrogen and oxygen atoms in total. The Morgan fingerprint density at radius 1 is 1.50 bits per heavy atom. The standard InChI is InChI=1S/C12H18BrN3/c1-2-5-16(12-7-14-8-12)9-11-4-3-10(13)6-15-11/h3-4,6,12,14H,2,5,7-9H2,1H3. The van der Waals surface area contributed by atoms with E-state index in [0.29, 0.717) is 6.04 Å². The Hall–Kier alpha value is -0.450. The maximum atomic E-state index is 4.43. The molecule has 88 valence electrons. The van der Waals surface area contributed by atoms with Gasteiger partial charge in [-0.25, -0.2) is 0 Å². The van der Waals surface area contributed by atoms with Crippen LogP contribution >= 0.6 is 15.9 Å². The number of halogens is 1. The molecule has 2 heterocycles. The van der Waals surface area contributed by atoms with Gasteiger partial charge in [0.2, 0.25) is 0 Å². The summed E-state index contributed by atoms with van der Waals surface area (Å²) in [4.78, 5) is 6.95. The van der Waals surface area contributed by atoms with Crippen molar-refractivity contribution in [2.45, 2.75) is 25.9 Å². The lowest BCUT2D eigenvalue weighted by Crippen LogP contribution is -2.57. The van der Waals surface area contributed by atoms with Crippen molar-refractivity contribution in [3.8, 4) is 0 Å². The van der Waals surface area contributed by atoms with E-state index in [0.717, 1.165) is 36.3 Å². The number of pyridine rings is 1. The van der Waals surface area contributed by atoms with Crippen LogP contribution < -0.4 is 5.32 Å². The summed E-state index contributed by atoms with van der Waals surface area (Å²) >= 11 is 3.41. The van der Waals surface area contributed by atoms with Crippen LogP contribution in [0.4, 0.5) is 0 Å². The first-order valence-corrected chi connectivity index (χ1v) is 6.64. The molecule has 16 heavy (non-hydrogen) atoms. The van der Waals surface area contributed by atoms with E-state index < -0.39 is 0 Å². The Labute approximate surface area is 105 Å². The van der Waals surface area contributed by atoms with Gasteiger partial charge in [-0.15, -0.1) is 0 Å². The van der Waals surface area contributed by atoms with Crippen molar-refractivity contribution in [3.63, 3.8) is 0 Å². The zero-order chi connectivity index (χ0) is 11.4. The fourth-order valence-electron chi connectivity index (χ4n) is 1.92. The molecular weight excluding hydrogens is 266 g/mol. The van der Waals surface area contributed by atoms with Gasteiger partial charge in [-0.3, -0.25) is 9.88 Å². The first kappa shape index (κ1) is 12.0. The third kappa shape index (κ3) is 3.03. The van der Waals surface area contributed by atoms with Crippen LogP contribution in [0.5, 0.6) is 0 Å². The second-order valence-electron chi connectivity index (χ2n) is 4.25. The summed E-state index contributed by atoms with van der Waals surface area (Å²) in [5.74, 6) is 0. The van der Waals surface area contributed by atoms with E-state index in [4.69, 9.17) is 0 Å². The molecule has 0 spiro atoms. The Balaban J connectivity index is 1.96. The van der Waals surface area contributed by atoms with Crippen LogP contribution in [0.15, 0.2) is 22.8 Å². The predicted molar refractivity (Wildman–Crippen MR) is 69.3 cm³/mol. The van der Waals surface area contributed by atoms with Crippen LogP contribution in [-0.4, -0.2) is 35.6 Å².